The fraction of sp³-hybridized carbons (Fsp3) is 1.00. The Hall–Kier alpha value is 0.130. The number of aliphatic hydroxyl groups is 1. The third-order valence-electron chi connectivity index (χ3n) is 0. The van der Waals surface area contributed by atoms with Crippen molar-refractivity contribution in [1.82, 2.24) is 0 Å². The molecule has 0 aromatic heterocycles. The molecule has 52 valence electrons. The van der Waals surface area contributed by atoms with Crippen LogP contribution in [-0.2, 0) is 0 Å². The molecule has 0 atom stereocenters. The smallest absolute Gasteiger partial charge is 0.282 e. The molecule has 0 bridgehead atoms. The van der Waals surface area contributed by atoms with Gasteiger partial charge in [-0.05, 0) is 13.8 Å². The average Bonchev–Trinajstić information content (AvgIpc) is 1.25. The highest BCUT2D eigenvalue weighted by Crippen LogP contribution is 1.65. The highest BCUT2D eigenvalue weighted by Gasteiger charge is 1.79. The Morgan fingerprint density at radius 2 is 1.38 bits per heavy atom. The molecule has 0 saturated carbocycles. The van der Waals surface area contributed by atoms with Crippen molar-refractivity contribution < 1.29 is 29.9 Å². The zero-order valence-corrected chi connectivity index (χ0v) is 5.42. The van der Waals surface area contributed by atoms with Crippen LogP contribution < -0.4 is 9.32 Å². The maximum Gasteiger partial charge on any atom is 0.282 e. The summed E-state index contributed by atoms with van der Waals surface area (Å²) in [5, 5.41) is 8.06. The SMILES string of the molecule is CC(C)O.[O-][Cl+2]([O-])O. The van der Waals surface area contributed by atoms with Gasteiger partial charge in [0.15, 0.2) is 0 Å². The first kappa shape index (κ1) is 11.0. The lowest BCUT2D eigenvalue weighted by Gasteiger charge is -1.80. The predicted molar refractivity (Wildman–Crippen MR) is 19.6 cm³/mol. The monoisotopic (exact) mass is 144 g/mol. The van der Waals surface area contributed by atoms with Crippen LogP contribution in [0, 0.1) is 10.8 Å². The highest BCUT2D eigenvalue weighted by molar-refractivity contribution is 4.20. The lowest BCUT2D eigenvalue weighted by molar-refractivity contribution is -1.63. The maximum atomic E-state index is 8.52. The van der Waals surface area contributed by atoms with Gasteiger partial charge in [0.25, 0.3) is 10.8 Å². The van der Waals surface area contributed by atoms with Gasteiger partial charge >= 0.3 is 0 Å². The maximum absolute atomic E-state index is 8.52. The minimum atomic E-state index is -2.60. The van der Waals surface area contributed by atoms with Crippen LogP contribution in [0.2, 0.25) is 0 Å². The molecule has 0 amide bonds. The topological polar surface area (TPSA) is 86.6 Å². The fourth-order valence-electron chi connectivity index (χ4n) is 0. The van der Waals surface area contributed by atoms with Crippen LogP contribution in [0.25, 0.3) is 0 Å². The van der Waals surface area contributed by atoms with E-state index in [-0.39, 0.29) is 6.10 Å². The molecule has 0 radical (unpaired) electrons. The summed E-state index contributed by atoms with van der Waals surface area (Å²) in [6.07, 6.45) is -0.167. The Labute approximate surface area is 50.8 Å². The summed E-state index contributed by atoms with van der Waals surface area (Å²) in [6.45, 7) is 3.44. The molecule has 0 spiro atoms. The molecule has 2 N–H and O–H groups in total. The van der Waals surface area contributed by atoms with Crippen molar-refractivity contribution in [2.75, 3.05) is 0 Å². The number of aliphatic hydroxyl groups excluding tert-OH is 1. The largest absolute Gasteiger partial charge is 0.394 e. The molecule has 0 aromatic rings. The molecule has 0 aromatic carbocycles. The molecule has 4 nitrogen and oxygen atoms in total. The highest BCUT2D eigenvalue weighted by atomic mass is 35.6. The van der Waals surface area contributed by atoms with E-state index in [2.05, 4.69) is 0 Å². The molecule has 5 heteroatoms. The van der Waals surface area contributed by atoms with Crippen LogP contribution in [0.5, 0.6) is 0 Å². The molecule has 0 fully saturated rings. The van der Waals surface area contributed by atoms with Crippen LogP contribution in [0.3, 0.4) is 0 Å². The molecule has 0 rings (SSSR count). The second kappa shape index (κ2) is 7.13. The molecular weight excluding hydrogens is 135 g/mol. The normalized spacial score (nSPS) is 9.00. The number of rotatable bonds is 0. The van der Waals surface area contributed by atoms with Crippen LogP contribution in [0.4, 0.5) is 0 Å². The van der Waals surface area contributed by atoms with E-state index in [0.29, 0.717) is 0 Å². The van der Waals surface area contributed by atoms with Crippen LogP contribution in [0.15, 0.2) is 0 Å². The Bertz CT molecular complexity index is 26.8. The van der Waals surface area contributed by atoms with Crippen molar-refractivity contribution in [3.63, 3.8) is 0 Å². The molecule has 0 aliphatic heterocycles. The van der Waals surface area contributed by atoms with Gasteiger partial charge in [-0.15, -0.1) is 0 Å². The Morgan fingerprint density at radius 1 is 1.38 bits per heavy atom. The minimum Gasteiger partial charge on any atom is -0.394 e. The van der Waals surface area contributed by atoms with Gasteiger partial charge < -0.3 is 14.4 Å². The summed E-state index contributed by atoms with van der Waals surface area (Å²) < 4.78 is 24.0. The standard InChI is InChI=1S/C3H8O.ClHO3/c1-3(2)4;2-1(3)4/h3-4H,1-2H3;2H. The van der Waals surface area contributed by atoms with E-state index >= 15 is 0 Å². The summed E-state index contributed by atoms with van der Waals surface area (Å²) in [7, 11) is -2.60. The Balaban J connectivity index is 0. The van der Waals surface area contributed by atoms with Crippen LogP contribution in [0.1, 0.15) is 13.8 Å². The lowest BCUT2D eigenvalue weighted by atomic mass is 10.5. The zero-order chi connectivity index (χ0) is 7.15. The molecule has 0 aliphatic carbocycles. The van der Waals surface area contributed by atoms with E-state index in [1.165, 1.54) is 0 Å². The van der Waals surface area contributed by atoms with Crippen molar-refractivity contribution >= 4 is 0 Å². The molecule has 8 heavy (non-hydrogen) atoms. The van der Waals surface area contributed by atoms with E-state index in [0.717, 1.165) is 0 Å². The summed E-state index contributed by atoms with van der Waals surface area (Å²) in [4.78, 5) is 0. The average molecular weight is 145 g/mol. The van der Waals surface area contributed by atoms with Gasteiger partial charge in [0.1, 0.15) is 0 Å². The number of halogens is 1. The molecule has 0 unspecified atom stereocenters. The summed E-state index contributed by atoms with van der Waals surface area (Å²) in [6, 6.07) is 0. The van der Waals surface area contributed by atoms with E-state index < -0.39 is 10.8 Å². The van der Waals surface area contributed by atoms with Crippen molar-refractivity contribution in [3.05, 3.63) is 0 Å². The van der Waals surface area contributed by atoms with Gasteiger partial charge in [0.05, 0.1) is 0 Å². The van der Waals surface area contributed by atoms with Crippen LogP contribution in [-0.4, -0.2) is 15.9 Å². The minimum absolute atomic E-state index is 0.167. The number of hydrogen-bond donors (Lipinski definition) is 2. The van der Waals surface area contributed by atoms with Crippen molar-refractivity contribution in [3.8, 4) is 0 Å². The molecule has 0 aliphatic rings. The summed E-state index contributed by atoms with van der Waals surface area (Å²) in [5.74, 6) is 0. The van der Waals surface area contributed by atoms with Crippen molar-refractivity contribution in [2.45, 2.75) is 20.0 Å². The van der Waals surface area contributed by atoms with Crippen molar-refractivity contribution in [1.29, 1.82) is 0 Å². The second-order valence-electron chi connectivity index (χ2n) is 1.29. The van der Waals surface area contributed by atoms with Gasteiger partial charge in [0.2, 0.25) is 0 Å². The third-order valence-corrected chi connectivity index (χ3v) is 0. The van der Waals surface area contributed by atoms with Gasteiger partial charge in [-0.3, -0.25) is 0 Å². The quantitative estimate of drug-likeness (QED) is 0.392. The predicted octanol–water partition coefficient (Wildman–Crippen LogP) is -2.55. The zero-order valence-electron chi connectivity index (χ0n) is 4.67. The summed E-state index contributed by atoms with van der Waals surface area (Å²) >= 11 is 0. The third kappa shape index (κ3) is 9550. The lowest BCUT2D eigenvalue weighted by Crippen LogP contribution is -2.30. The molecule has 0 saturated heterocycles. The van der Waals surface area contributed by atoms with E-state index in [1.807, 2.05) is 0 Å². The fourth-order valence-corrected chi connectivity index (χ4v) is 0. The Morgan fingerprint density at radius 3 is 1.38 bits per heavy atom. The van der Waals surface area contributed by atoms with Gasteiger partial charge in [-0.25, -0.2) is 0 Å². The second-order valence-corrected chi connectivity index (χ2v) is 1.70. The first-order valence-corrected chi connectivity index (χ1v) is 2.85. The Kier molecular flexibility index (Phi) is 9.80. The molecular formula is C3H9ClO4. The molecule has 0 heterocycles. The van der Waals surface area contributed by atoms with Crippen LogP contribution >= 0.6 is 0 Å². The first-order chi connectivity index (χ1) is 3.46. The van der Waals surface area contributed by atoms with E-state index in [9.17, 15) is 0 Å². The van der Waals surface area contributed by atoms with E-state index in [1.54, 1.807) is 13.8 Å². The first-order valence-electron chi connectivity index (χ1n) is 1.89. The summed E-state index contributed by atoms with van der Waals surface area (Å²) in [5.41, 5.74) is 0. The van der Waals surface area contributed by atoms with Gasteiger partial charge in [-0.1, -0.05) is 0 Å². The van der Waals surface area contributed by atoms with E-state index in [4.69, 9.17) is 19.1 Å². The van der Waals surface area contributed by atoms with Gasteiger partial charge in [-0.2, -0.15) is 0 Å². The van der Waals surface area contributed by atoms with Crippen molar-refractivity contribution in [2.24, 2.45) is 0 Å². The number of hydrogen-bond acceptors (Lipinski definition) is 4. The van der Waals surface area contributed by atoms with Gasteiger partial charge in [0, 0.05) is 10.8 Å².